The molecule has 1 aliphatic heterocycles. The third kappa shape index (κ3) is 4.31. The van der Waals surface area contributed by atoms with E-state index >= 15 is 0 Å². The predicted octanol–water partition coefficient (Wildman–Crippen LogP) is 5.26. The molecule has 0 bridgehead atoms. The summed E-state index contributed by atoms with van der Waals surface area (Å²) >= 11 is 0. The average Bonchev–Trinajstić information content (AvgIpc) is 2.78. The minimum Gasteiger partial charge on any atom is -0.457 e. The number of ether oxygens (including phenoxy) is 1. The van der Waals surface area contributed by atoms with E-state index in [2.05, 4.69) is 12.2 Å². The lowest BCUT2D eigenvalue weighted by Gasteiger charge is -2.38. The number of carbonyl (C=O) groups is 2. The number of para-hydroxylation sites is 3. The van der Waals surface area contributed by atoms with E-state index in [9.17, 15) is 9.59 Å². The summed E-state index contributed by atoms with van der Waals surface area (Å²) in [7, 11) is 0. The van der Waals surface area contributed by atoms with E-state index in [0.717, 1.165) is 23.2 Å². The Morgan fingerprint density at radius 3 is 2.45 bits per heavy atom. The number of hydrogen-bond donors (Lipinski definition) is 1. The number of aryl methyl sites for hydroxylation is 2. The van der Waals surface area contributed by atoms with Crippen molar-refractivity contribution in [2.75, 3.05) is 11.9 Å². The molecule has 5 nitrogen and oxygen atoms in total. The van der Waals surface area contributed by atoms with Gasteiger partial charge in [0.1, 0.15) is 17.5 Å². The Labute approximate surface area is 182 Å². The first-order valence-electron chi connectivity index (χ1n) is 10.6. The van der Waals surface area contributed by atoms with E-state index in [4.69, 9.17) is 4.74 Å². The Morgan fingerprint density at radius 1 is 1.03 bits per heavy atom. The third-order valence-corrected chi connectivity index (χ3v) is 5.62. The van der Waals surface area contributed by atoms with Gasteiger partial charge in [0.25, 0.3) is 5.91 Å². The van der Waals surface area contributed by atoms with E-state index in [-0.39, 0.29) is 11.8 Å². The van der Waals surface area contributed by atoms with Crippen LogP contribution in [0, 0.1) is 6.92 Å². The molecule has 1 aliphatic rings. The van der Waals surface area contributed by atoms with Crippen molar-refractivity contribution >= 4 is 17.5 Å². The summed E-state index contributed by atoms with van der Waals surface area (Å²) in [5.74, 6) is 0.974. The normalized spacial score (nSPS) is 14.0. The molecule has 1 saturated heterocycles. The number of likely N-dealkylation sites (tertiary alicyclic amines) is 1. The van der Waals surface area contributed by atoms with Gasteiger partial charge in [-0.05, 0) is 42.7 Å². The van der Waals surface area contributed by atoms with Gasteiger partial charge in [-0.15, -0.1) is 0 Å². The van der Waals surface area contributed by atoms with Gasteiger partial charge in [-0.2, -0.15) is 0 Å². The van der Waals surface area contributed by atoms with Crippen LogP contribution in [0.15, 0.2) is 72.8 Å². The highest BCUT2D eigenvalue weighted by molar-refractivity contribution is 6.00. The molecule has 3 aromatic carbocycles. The van der Waals surface area contributed by atoms with Gasteiger partial charge in [-0.25, -0.2) is 0 Å². The maximum absolute atomic E-state index is 13.6. The molecular formula is C26H26N2O3. The van der Waals surface area contributed by atoms with E-state index in [1.165, 1.54) is 0 Å². The van der Waals surface area contributed by atoms with E-state index < -0.39 is 6.04 Å². The molecule has 3 aromatic rings. The summed E-state index contributed by atoms with van der Waals surface area (Å²) in [5.41, 5.74) is 3.55. The second-order valence-corrected chi connectivity index (χ2v) is 7.64. The van der Waals surface area contributed by atoms with Crippen LogP contribution in [0.2, 0.25) is 0 Å². The number of rotatable bonds is 7. The second kappa shape index (κ2) is 9.04. The van der Waals surface area contributed by atoms with E-state index in [1.54, 1.807) is 4.90 Å². The second-order valence-electron chi connectivity index (χ2n) is 7.64. The van der Waals surface area contributed by atoms with Crippen LogP contribution in [0.1, 0.15) is 36.1 Å². The first kappa shape index (κ1) is 20.7. The third-order valence-electron chi connectivity index (χ3n) is 5.62. The fourth-order valence-electron chi connectivity index (χ4n) is 3.86. The van der Waals surface area contributed by atoms with Crippen LogP contribution in [0.25, 0.3) is 0 Å². The molecule has 1 heterocycles. The van der Waals surface area contributed by atoms with Crippen molar-refractivity contribution in [2.45, 2.75) is 32.7 Å². The lowest BCUT2D eigenvalue weighted by Crippen LogP contribution is -2.49. The predicted molar refractivity (Wildman–Crippen MR) is 121 cm³/mol. The maximum Gasteiger partial charge on any atom is 0.251 e. The summed E-state index contributed by atoms with van der Waals surface area (Å²) in [4.78, 5) is 27.5. The fourth-order valence-corrected chi connectivity index (χ4v) is 3.86. The quantitative estimate of drug-likeness (QED) is 0.537. The van der Waals surface area contributed by atoms with E-state index in [1.807, 2.05) is 79.7 Å². The average molecular weight is 415 g/mol. The van der Waals surface area contributed by atoms with Gasteiger partial charge < -0.3 is 15.0 Å². The highest BCUT2D eigenvalue weighted by Gasteiger charge is 2.38. The minimum atomic E-state index is -0.759. The van der Waals surface area contributed by atoms with Gasteiger partial charge in [0.05, 0.1) is 0 Å². The van der Waals surface area contributed by atoms with Crippen molar-refractivity contribution in [3.63, 3.8) is 0 Å². The molecular weight excluding hydrogens is 388 g/mol. The Balaban J connectivity index is 1.70. The Morgan fingerprint density at radius 2 is 1.77 bits per heavy atom. The molecule has 0 spiro atoms. The summed E-state index contributed by atoms with van der Waals surface area (Å²) in [6.45, 7) is 4.58. The van der Waals surface area contributed by atoms with Crippen LogP contribution in [0.3, 0.4) is 0 Å². The molecule has 1 N–H and O–H groups in total. The molecule has 1 atom stereocenters. The molecule has 31 heavy (non-hydrogen) atoms. The topological polar surface area (TPSA) is 58.6 Å². The Hall–Kier alpha value is -3.60. The zero-order valence-corrected chi connectivity index (χ0v) is 17.8. The minimum absolute atomic E-state index is 0.0323. The fraction of sp³-hybridized carbons (Fsp3) is 0.231. The molecule has 4 rings (SSSR count). The summed E-state index contributed by atoms with van der Waals surface area (Å²) < 4.78 is 6.10. The Kier molecular flexibility index (Phi) is 6.03. The van der Waals surface area contributed by atoms with Gasteiger partial charge in [-0.3, -0.25) is 9.59 Å². The summed E-state index contributed by atoms with van der Waals surface area (Å²) in [6, 6.07) is 22.1. The van der Waals surface area contributed by atoms with E-state index in [0.29, 0.717) is 30.0 Å². The number of anilines is 1. The van der Waals surface area contributed by atoms with Crippen LogP contribution in [-0.2, 0) is 16.0 Å². The van der Waals surface area contributed by atoms with Gasteiger partial charge in [0.15, 0.2) is 0 Å². The van der Waals surface area contributed by atoms with Crippen LogP contribution in [0.5, 0.6) is 11.5 Å². The Bertz CT molecular complexity index is 1090. The van der Waals surface area contributed by atoms with Gasteiger partial charge in [0, 0.05) is 24.2 Å². The van der Waals surface area contributed by atoms with Crippen LogP contribution in [0.4, 0.5) is 5.69 Å². The van der Waals surface area contributed by atoms with Crippen molar-refractivity contribution in [3.8, 4) is 11.5 Å². The highest BCUT2D eigenvalue weighted by Crippen LogP contribution is 2.36. The zero-order chi connectivity index (χ0) is 21.8. The molecule has 0 radical (unpaired) electrons. The number of benzene rings is 3. The van der Waals surface area contributed by atoms with Crippen molar-refractivity contribution in [3.05, 3.63) is 89.5 Å². The lowest BCUT2D eigenvalue weighted by atomic mass is 9.98. The molecule has 1 fully saturated rings. The number of nitrogens with zero attached hydrogens (tertiary/aromatic N) is 1. The van der Waals surface area contributed by atoms with Crippen LogP contribution >= 0.6 is 0 Å². The van der Waals surface area contributed by atoms with Gasteiger partial charge in [0.2, 0.25) is 5.91 Å². The molecule has 2 amide bonds. The first-order chi connectivity index (χ1) is 15.1. The van der Waals surface area contributed by atoms with Crippen molar-refractivity contribution in [1.29, 1.82) is 0 Å². The van der Waals surface area contributed by atoms with Crippen molar-refractivity contribution in [2.24, 2.45) is 0 Å². The number of carbonyl (C=O) groups excluding carboxylic acids is 2. The number of amides is 2. The van der Waals surface area contributed by atoms with Crippen LogP contribution < -0.4 is 10.1 Å². The number of β-lactam (4-membered cyclic amide) rings is 1. The molecule has 5 heteroatoms. The van der Waals surface area contributed by atoms with Crippen molar-refractivity contribution < 1.29 is 14.3 Å². The monoisotopic (exact) mass is 414 g/mol. The molecule has 0 saturated carbocycles. The SMILES string of the molecule is CCc1cccc(C)c1NC(=O)[C@H](c1ccccc1Oc1ccccc1)N1CCC1=O. The standard InChI is InChI=1S/C26H26N2O3/c1-3-19-11-9-10-18(2)24(19)27-26(30)25(28-17-16-23(28)29)21-14-7-8-15-22(21)31-20-12-5-4-6-13-20/h4-15,25H,3,16-17H2,1-2H3,(H,27,30)/t25-/m0/s1. The zero-order valence-electron chi connectivity index (χ0n) is 17.8. The summed E-state index contributed by atoms with van der Waals surface area (Å²) in [6.07, 6.45) is 1.26. The maximum atomic E-state index is 13.6. The van der Waals surface area contributed by atoms with Crippen molar-refractivity contribution in [1.82, 2.24) is 4.90 Å². The smallest absolute Gasteiger partial charge is 0.251 e. The summed E-state index contributed by atoms with van der Waals surface area (Å²) in [5, 5.41) is 3.10. The van der Waals surface area contributed by atoms with Gasteiger partial charge >= 0.3 is 0 Å². The molecule has 0 aliphatic carbocycles. The van der Waals surface area contributed by atoms with Crippen LogP contribution in [-0.4, -0.2) is 23.3 Å². The largest absolute Gasteiger partial charge is 0.457 e. The molecule has 0 aromatic heterocycles. The number of nitrogens with one attached hydrogen (secondary N) is 1. The van der Waals surface area contributed by atoms with Gasteiger partial charge in [-0.1, -0.05) is 61.5 Å². The lowest BCUT2D eigenvalue weighted by molar-refractivity contribution is -0.147. The highest BCUT2D eigenvalue weighted by atomic mass is 16.5. The number of hydrogen-bond acceptors (Lipinski definition) is 3. The molecule has 0 unspecified atom stereocenters. The first-order valence-corrected chi connectivity index (χ1v) is 10.6. The molecule has 158 valence electrons.